The van der Waals surface area contributed by atoms with Gasteiger partial charge in [0.15, 0.2) is 11.8 Å². The first-order valence-corrected chi connectivity index (χ1v) is 11.7. The van der Waals surface area contributed by atoms with Crippen molar-refractivity contribution in [3.05, 3.63) is 70.5 Å². The standard InChI is InChI=1S/C23H23ClN4O3S/c1-15-9-10-17(11-19(15)24)28-14-25-27-23(28)32-13-22(30)31-12-21(29)26-20-8-4-6-16-5-2-3-7-18(16)20/h2-3,5,7,9-11,14,20H,4,6,8,12-13H2,1H3,(H,26,29). The number of esters is 1. The van der Waals surface area contributed by atoms with Gasteiger partial charge in [0.25, 0.3) is 5.91 Å². The van der Waals surface area contributed by atoms with E-state index in [1.807, 2.05) is 43.3 Å². The molecule has 1 aliphatic carbocycles. The van der Waals surface area contributed by atoms with Crippen LogP contribution in [-0.2, 0) is 20.7 Å². The van der Waals surface area contributed by atoms with Gasteiger partial charge in [-0.2, -0.15) is 0 Å². The lowest BCUT2D eigenvalue weighted by molar-refractivity contribution is -0.146. The number of hydrogen-bond donors (Lipinski definition) is 1. The van der Waals surface area contributed by atoms with Crippen molar-refractivity contribution < 1.29 is 14.3 Å². The van der Waals surface area contributed by atoms with E-state index in [1.165, 1.54) is 17.3 Å². The van der Waals surface area contributed by atoms with E-state index in [0.717, 1.165) is 36.1 Å². The molecule has 1 amide bonds. The first-order valence-electron chi connectivity index (χ1n) is 10.3. The van der Waals surface area contributed by atoms with Gasteiger partial charge >= 0.3 is 5.97 Å². The molecule has 0 spiro atoms. The maximum Gasteiger partial charge on any atom is 0.316 e. The molecule has 1 aliphatic rings. The molecular weight excluding hydrogens is 448 g/mol. The second-order valence-corrected chi connectivity index (χ2v) is 8.93. The zero-order chi connectivity index (χ0) is 22.5. The number of nitrogens with one attached hydrogen (secondary N) is 1. The molecule has 4 rings (SSSR count). The quantitative estimate of drug-likeness (QED) is 0.414. The number of halogens is 1. The van der Waals surface area contributed by atoms with Crippen molar-refractivity contribution in [1.82, 2.24) is 20.1 Å². The number of rotatable bonds is 7. The van der Waals surface area contributed by atoms with Gasteiger partial charge in [-0.15, -0.1) is 10.2 Å². The summed E-state index contributed by atoms with van der Waals surface area (Å²) in [6.45, 7) is 1.62. The molecule has 3 aromatic rings. The van der Waals surface area contributed by atoms with Crippen LogP contribution < -0.4 is 5.32 Å². The molecule has 0 saturated heterocycles. The molecule has 9 heteroatoms. The van der Waals surface area contributed by atoms with E-state index in [0.29, 0.717) is 10.2 Å². The lowest BCUT2D eigenvalue weighted by Crippen LogP contribution is -2.34. The Labute approximate surface area is 195 Å². The molecule has 0 saturated carbocycles. The number of aromatic nitrogens is 3. The Morgan fingerprint density at radius 2 is 2.12 bits per heavy atom. The molecule has 0 aliphatic heterocycles. The van der Waals surface area contributed by atoms with Crippen molar-refractivity contribution in [1.29, 1.82) is 0 Å². The van der Waals surface area contributed by atoms with Crippen LogP contribution in [0.5, 0.6) is 0 Å². The number of amides is 1. The Morgan fingerprint density at radius 1 is 1.28 bits per heavy atom. The van der Waals surface area contributed by atoms with Crippen LogP contribution in [0.25, 0.3) is 5.69 Å². The second-order valence-electron chi connectivity index (χ2n) is 7.58. The highest BCUT2D eigenvalue weighted by atomic mass is 35.5. The van der Waals surface area contributed by atoms with Crippen LogP contribution in [0.1, 0.15) is 35.6 Å². The van der Waals surface area contributed by atoms with Crippen molar-refractivity contribution >= 4 is 35.2 Å². The summed E-state index contributed by atoms with van der Waals surface area (Å²) in [5, 5.41) is 12.1. The van der Waals surface area contributed by atoms with Gasteiger partial charge in [-0.3, -0.25) is 14.2 Å². The molecule has 1 aromatic heterocycles. The van der Waals surface area contributed by atoms with Crippen LogP contribution in [-0.4, -0.2) is 39.0 Å². The van der Waals surface area contributed by atoms with Gasteiger partial charge in [-0.1, -0.05) is 53.7 Å². The molecule has 7 nitrogen and oxygen atoms in total. The highest BCUT2D eigenvalue weighted by Crippen LogP contribution is 2.29. The number of carbonyl (C=O) groups is 2. The fourth-order valence-corrected chi connectivity index (χ4v) is 4.58. The minimum Gasteiger partial charge on any atom is -0.455 e. The number of benzene rings is 2. The van der Waals surface area contributed by atoms with Crippen molar-refractivity contribution in [3.8, 4) is 5.69 Å². The Morgan fingerprint density at radius 3 is 2.97 bits per heavy atom. The van der Waals surface area contributed by atoms with Crippen LogP contribution in [0.2, 0.25) is 5.02 Å². The average molecular weight is 471 g/mol. The molecule has 1 N–H and O–H groups in total. The Kier molecular flexibility index (Phi) is 7.12. The molecule has 2 aromatic carbocycles. The third-order valence-corrected chi connectivity index (χ3v) is 6.66. The van der Waals surface area contributed by atoms with Crippen molar-refractivity contribution in [2.24, 2.45) is 0 Å². The molecule has 32 heavy (non-hydrogen) atoms. The highest BCUT2D eigenvalue weighted by molar-refractivity contribution is 7.99. The predicted molar refractivity (Wildman–Crippen MR) is 123 cm³/mol. The first-order chi connectivity index (χ1) is 15.5. The normalized spacial score (nSPS) is 15.1. The van der Waals surface area contributed by atoms with Gasteiger partial charge < -0.3 is 10.1 Å². The average Bonchev–Trinajstić information content (AvgIpc) is 3.27. The van der Waals surface area contributed by atoms with Crippen LogP contribution >= 0.6 is 23.4 Å². The number of thioether (sulfide) groups is 1. The third kappa shape index (κ3) is 5.31. The zero-order valence-corrected chi connectivity index (χ0v) is 19.2. The molecule has 1 heterocycles. The molecular formula is C23H23ClN4O3S. The van der Waals surface area contributed by atoms with Gasteiger partial charge in [0, 0.05) is 5.02 Å². The van der Waals surface area contributed by atoms with Crippen LogP contribution in [0, 0.1) is 6.92 Å². The van der Waals surface area contributed by atoms with E-state index in [1.54, 1.807) is 10.9 Å². The van der Waals surface area contributed by atoms with Gasteiger partial charge in [-0.05, 0) is 55.0 Å². The molecule has 1 unspecified atom stereocenters. The molecule has 166 valence electrons. The summed E-state index contributed by atoms with van der Waals surface area (Å²) in [5.41, 5.74) is 4.17. The number of ether oxygens (including phenoxy) is 1. The lowest BCUT2D eigenvalue weighted by Gasteiger charge is -2.26. The van der Waals surface area contributed by atoms with Crippen LogP contribution in [0.4, 0.5) is 0 Å². The van der Waals surface area contributed by atoms with E-state index in [-0.39, 0.29) is 24.3 Å². The van der Waals surface area contributed by atoms with Crippen molar-refractivity contribution in [3.63, 3.8) is 0 Å². The Bertz CT molecular complexity index is 1130. The lowest BCUT2D eigenvalue weighted by atomic mass is 9.88. The number of hydrogen-bond acceptors (Lipinski definition) is 6. The summed E-state index contributed by atoms with van der Waals surface area (Å²) in [6.07, 6.45) is 4.48. The van der Waals surface area contributed by atoms with E-state index >= 15 is 0 Å². The summed E-state index contributed by atoms with van der Waals surface area (Å²) in [6, 6.07) is 13.7. The Balaban J connectivity index is 1.27. The van der Waals surface area contributed by atoms with E-state index in [2.05, 4.69) is 21.6 Å². The largest absolute Gasteiger partial charge is 0.455 e. The minimum atomic E-state index is -0.495. The predicted octanol–water partition coefficient (Wildman–Crippen LogP) is 4.06. The molecule has 0 bridgehead atoms. The Hall–Kier alpha value is -2.84. The van der Waals surface area contributed by atoms with Gasteiger partial charge in [0.05, 0.1) is 17.5 Å². The van der Waals surface area contributed by atoms with Crippen LogP contribution in [0.15, 0.2) is 53.9 Å². The molecule has 0 radical (unpaired) electrons. The van der Waals surface area contributed by atoms with Gasteiger partial charge in [0.2, 0.25) is 0 Å². The summed E-state index contributed by atoms with van der Waals surface area (Å²) >= 11 is 7.39. The minimum absolute atomic E-state index is 0.0117. The van der Waals surface area contributed by atoms with E-state index in [4.69, 9.17) is 16.3 Å². The van der Waals surface area contributed by atoms with Crippen LogP contribution in [0.3, 0.4) is 0 Å². The topological polar surface area (TPSA) is 86.1 Å². The summed E-state index contributed by atoms with van der Waals surface area (Å²) < 4.78 is 6.91. The van der Waals surface area contributed by atoms with Gasteiger partial charge in [-0.25, -0.2) is 0 Å². The second kappa shape index (κ2) is 10.2. The monoisotopic (exact) mass is 470 g/mol. The number of carbonyl (C=O) groups excluding carboxylic acids is 2. The summed E-state index contributed by atoms with van der Waals surface area (Å²) in [7, 11) is 0. The number of aryl methyl sites for hydroxylation is 2. The smallest absolute Gasteiger partial charge is 0.316 e. The SMILES string of the molecule is Cc1ccc(-n2cnnc2SCC(=O)OCC(=O)NC2CCCc3ccccc32)cc1Cl. The molecule has 1 atom stereocenters. The number of fused-ring (bicyclic) bond motifs is 1. The van der Waals surface area contributed by atoms with Crippen molar-refractivity contribution in [2.45, 2.75) is 37.4 Å². The third-order valence-electron chi connectivity index (χ3n) is 5.34. The summed E-state index contributed by atoms with van der Waals surface area (Å²) in [4.78, 5) is 24.5. The van der Waals surface area contributed by atoms with Crippen molar-refractivity contribution in [2.75, 3.05) is 12.4 Å². The molecule has 0 fully saturated rings. The maximum atomic E-state index is 12.3. The fourth-order valence-electron chi connectivity index (χ4n) is 3.68. The fraction of sp³-hybridized carbons (Fsp3) is 0.304. The van der Waals surface area contributed by atoms with E-state index in [9.17, 15) is 9.59 Å². The number of nitrogens with zero attached hydrogens (tertiary/aromatic N) is 3. The summed E-state index contributed by atoms with van der Waals surface area (Å²) in [5.74, 6) is -0.786. The highest BCUT2D eigenvalue weighted by Gasteiger charge is 2.22. The maximum absolute atomic E-state index is 12.3. The zero-order valence-electron chi connectivity index (χ0n) is 17.6. The van der Waals surface area contributed by atoms with E-state index < -0.39 is 5.97 Å². The van der Waals surface area contributed by atoms with Gasteiger partial charge in [0.1, 0.15) is 6.33 Å². The first kappa shape index (κ1) is 22.4.